The molecule has 0 aromatic carbocycles. The van der Waals surface area contributed by atoms with E-state index in [0.29, 0.717) is 6.42 Å². The predicted molar refractivity (Wildman–Crippen MR) is 69.0 cm³/mol. The molecule has 1 saturated heterocycles. The third kappa shape index (κ3) is 3.18. The molecule has 1 fully saturated rings. The Bertz CT molecular complexity index is 363. The Morgan fingerprint density at radius 1 is 1.42 bits per heavy atom. The fraction of sp³-hybridized carbons (Fsp3) is 0.846. The van der Waals surface area contributed by atoms with Gasteiger partial charge in [0.1, 0.15) is 11.1 Å². The van der Waals surface area contributed by atoms with Crippen molar-refractivity contribution < 1.29 is 24.2 Å². The number of carboxylic acid groups (broad SMARTS) is 1. The Morgan fingerprint density at radius 3 is 2.37 bits per heavy atom. The molecule has 1 heterocycles. The van der Waals surface area contributed by atoms with Crippen LogP contribution in [0.15, 0.2) is 0 Å². The summed E-state index contributed by atoms with van der Waals surface area (Å²) in [5.41, 5.74) is -1.89. The summed E-state index contributed by atoms with van der Waals surface area (Å²) in [7, 11) is 1.52. The zero-order valence-electron chi connectivity index (χ0n) is 12.2. The molecule has 1 amide bonds. The lowest BCUT2D eigenvalue weighted by molar-refractivity contribution is -0.149. The van der Waals surface area contributed by atoms with Crippen LogP contribution in [0.5, 0.6) is 0 Å². The Morgan fingerprint density at radius 2 is 2.00 bits per heavy atom. The number of amides is 1. The maximum absolute atomic E-state index is 12.2. The summed E-state index contributed by atoms with van der Waals surface area (Å²) in [6.45, 7) is 7.25. The van der Waals surface area contributed by atoms with Crippen LogP contribution in [0.1, 0.15) is 40.5 Å². The zero-order valence-corrected chi connectivity index (χ0v) is 12.2. The smallest absolute Gasteiger partial charge is 0.411 e. The van der Waals surface area contributed by atoms with E-state index >= 15 is 0 Å². The number of ether oxygens (including phenoxy) is 2. The highest BCUT2D eigenvalue weighted by molar-refractivity contribution is 5.85. The van der Waals surface area contributed by atoms with Crippen molar-refractivity contribution in [3.8, 4) is 0 Å². The lowest BCUT2D eigenvalue weighted by atomic mass is 9.92. The molecular weight excluding hydrogens is 250 g/mol. The first-order valence-corrected chi connectivity index (χ1v) is 6.43. The second-order valence-corrected chi connectivity index (χ2v) is 5.84. The van der Waals surface area contributed by atoms with Crippen LogP contribution in [0.4, 0.5) is 4.79 Å². The average molecular weight is 273 g/mol. The van der Waals surface area contributed by atoms with Crippen molar-refractivity contribution in [2.75, 3.05) is 13.7 Å². The van der Waals surface area contributed by atoms with E-state index in [1.165, 1.54) is 12.0 Å². The van der Waals surface area contributed by atoms with Gasteiger partial charge < -0.3 is 14.6 Å². The predicted octanol–water partition coefficient (Wildman–Crippen LogP) is 1.88. The number of carbonyl (C=O) groups excluding carboxylic acids is 1. The summed E-state index contributed by atoms with van der Waals surface area (Å²) >= 11 is 0. The molecule has 19 heavy (non-hydrogen) atoms. The van der Waals surface area contributed by atoms with Gasteiger partial charge in [0.05, 0.1) is 12.6 Å². The van der Waals surface area contributed by atoms with Gasteiger partial charge in [-0.05, 0) is 27.2 Å². The highest BCUT2D eigenvalue weighted by Crippen LogP contribution is 2.35. The molecular formula is C13H23NO5. The van der Waals surface area contributed by atoms with Gasteiger partial charge in [0.25, 0.3) is 0 Å². The molecule has 1 N–H and O–H groups in total. The minimum atomic E-state index is -1.23. The van der Waals surface area contributed by atoms with Crippen LogP contribution in [0.3, 0.4) is 0 Å². The topological polar surface area (TPSA) is 76.1 Å². The van der Waals surface area contributed by atoms with Crippen molar-refractivity contribution in [2.24, 2.45) is 0 Å². The Kier molecular flexibility index (Phi) is 4.45. The summed E-state index contributed by atoms with van der Waals surface area (Å²) in [6.07, 6.45) is -0.268. The third-order valence-electron chi connectivity index (χ3n) is 3.40. The van der Waals surface area contributed by atoms with Crippen LogP contribution in [0.25, 0.3) is 0 Å². The molecule has 0 radical (unpaired) electrons. The van der Waals surface area contributed by atoms with Gasteiger partial charge in [-0.2, -0.15) is 0 Å². The molecule has 0 unspecified atom stereocenters. The molecule has 1 aliphatic heterocycles. The second-order valence-electron chi connectivity index (χ2n) is 5.84. The molecule has 0 aromatic heterocycles. The first-order chi connectivity index (χ1) is 8.66. The quantitative estimate of drug-likeness (QED) is 0.849. The van der Waals surface area contributed by atoms with E-state index in [4.69, 9.17) is 9.47 Å². The Hall–Kier alpha value is -1.30. The Balaban J connectivity index is 3.01. The number of hydrogen-bond donors (Lipinski definition) is 1. The first kappa shape index (κ1) is 15.8. The van der Waals surface area contributed by atoms with Crippen molar-refractivity contribution >= 4 is 12.1 Å². The van der Waals surface area contributed by atoms with Crippen molar-refractivity contribution in [2.45, 2.75) is 57.8 Å². The van der Waals surface area contributed by atoms with E-state index in [9.17, 15) is 14.7 Å². The summed E-state index contributed by atoms with van der Waals surface area (Å²) in [5, 5.41) is 9.49. The highest BCUT2D eigenvalue weighted by atomic mass is 16.6. The van der Waals surface area contributed by atoms with Crippen LogP contribution < -0.4 is 0 Å². The van der Waals surface area contributed by atoms with Crippen LogP contribution in [0.2, 0.25) is 0 Å². The molecule has 0 bridgehead atoms. The third-order valence-corrected chi connectivity index (χ3v) is 3.40. The molecule has 6 nitrogen and oxygen atoms in total. The number of rotatable bonds is 3. The number of nitrogens with zero attached hydrogens (tertiary/aromatic N) is 1. The molecule has 110 valence electrons. The van der Waals surface area contributed by atoms with Crippen molar-refractivity contribution in [1.29, 1.82) is 0 Å². The van der Waals surface area contributed by atoms with Crippen LogP contribution in [-0.4, -0.2) is 53.0 Å². The van der Waals surface area contributed by atoms with Gasteiger partial charge in [-0.15, -0.1) is 0 Å². The maximum Gasteiger partial charge on any atom is 0.411 e. The summed E-state index contributed by atoms with van der Waals surface area (Å²) < 4.78 is 10.5. The molecule has 1 aliphatic rings. The number of carboxylic acids is 1. The lowest BCUT2D eigenvalue weighted by Crippen LogP contribution is -2.53. The van der Waals surface area contributed by atoms with Gasteiger partial charge >= 0.3 is 12.1 Å². The number of carbonyl (C=O) groups is 2. The van der Waals surface area contributed by atoms with E-state index in [1.54, 1.807) is 27.7 Å². The number of hydrogen-bond acceptors (Lipinski definition) is 4. The SMILES string of the molecule is CC[C@@]1(C(=O)O)C[C@H](OC)CN1C(=O)OC(C)(C)C. The van der Waals surface area contributed by atoms with Gasteiger partial charge in [0.15, 0.2) is 0 Å². The molecule has 2 atom stereocenters. The molecule has 1 rings (SSSR count). The number of aliphatic carboxylic acids is 1. The molecule has 0 aromatic rings. The molecule has 0 saturated carbocycles. The molecule has 0 aliphatic carbocycles. The first-order valence-electron chi connectivity index (χ1n) is 6.43. The molecule has 6 heteroatoms. The monoisotopic (exact) mass is 273 g/mol. The summed E-state index contributed by atoms with van der Waals surface area (Å²) in [6, 6.07) is 0. The summed E-state index contributed by atoms with van der Waals surface area (Å²) in [5.74, 6) is -1.01. The fourth-order valence-corrected chi connectivity index (χ4v) is 2.34. The van der Waals surface area contributed by atoms with Crippen molar-refractivity contribution in [3.05, 3.63) is 0 Å². The van der Waals surface area contributed by atoms with E-state index in [0.717, 1.165) is 0 Å². The minimum Gasteiger partial charge on any atom is -0.479 e. The number of methoxy groups -OCH3 is 1. The van der Waals surface area contributed by atoms with Gasteiger partial charge in [-0.1, -0.05) is 6.92 Å². The van der Waals surface area contributed by atoms with Gasteiger partial charge in [0, 0.05) is 13.5 Å². The largest absolute Gasteiger partial charge is 0.479 e. The van der Waals surface area contributed by atoms with E-state index in [1.807, 2.05) is 0 Å². The van der Waals surface area contributed by atoms with Crippen LogP contribution in [0, 0.1) is 0 Å². The zero-order chi connectivity index (χ0) is 14.8. The van der Waals surface area contributed by atoms with Gasteiger partial charge in [-0.3, -0.25) is 4.90 Å². The fourth-order valence-electron chi connectivity index (χ4n) is 2.34. The standard InChI is InChI=1S/C13H23NO5/c1-6-13(10(15)16)7-9(18-5)8-14(13)11(17)19-12(2,3)4/h9H,6-8H2,1-5H3,(H,15,16)/t9-,13-/m0/s1. The van der Waals surface area contributed by atoms with Crippen LogP contribution >= 0.6 is 0 Å². The van der Waals surface area contributed by atoms with E-state index in [-0.39, 0.29) is 19.1 Å². The maximum atomic E-state index is 12.2. The average Bonchev–Trinajstić information content (AvgIpc) is 2.66. The van der Waals surface area contributed by atoms with E-state index < -0.39 is 23.2 Å². The van der Waals surface area contributed by atoms with Crippen molar-refractivity contribution in [3.63, 3.8) is 0 Å². The van der Waals surface area contributed by atoms with E-state index in [2.05, 4.69) is 0 Å². The second kappa shape index (κ2) is 5.36. The van der Waals surface area contributed by atoms with Crippen LogP contribution in [-0.2, 0) is 14.3 Å². The van der Waals surface area contributed by atoms with Gasteiger partial charge in [0.2, 0.25) is 0 Å². The Labute approximate surface area is 113 Å². The minimum absolute atomic E-state index is 0.242. The van der Waals surface area contributed by atoms with Gasteiger partial charge in [-0.25, -0.2) is 9.59 Å². The lowest BCUT2D eigenvalue weighted by Gasteiger charge is -2.34. The summed E-state index contributed by atoms with van der Waals surface area (Å²) in [4.78, 5) is 25.1. The molecule has 0 spiro atoms. The normalized spacial score (nSPS) is 27.4. The highest BCUT2D eigenvalue weighted by Gasteiger charge is 2.53. The van der Waals surface area contributed by atoms with Crippen molar-refractivity contribution in [1.82, 2.24) is 4.90 Å². The number of likely N-dealkylation sites (tertiary alicyclic amines) is 1.